The van der Waals surface area contributed by atoms with E-state index in [0.29, 0.717) is 30.6 Å². The van der Waals surface area contributed by atoms with Gasteiger partial charge in [-0.05, 0) is 61.7 Å². The van der Waals surface area contributed by atoms with Crippen molar-refractivity contribution in [3.8, 4) is 17.0 Å². The molecule has 1 aromatic carbocycles. The maximum absolute atomic E-state index is 13.0. The maximum Gasteiger partial charge on any atom is 0.268 e. The monoisotopic (exact) mass is 470 g/mol. The molecular weight excluding hydrogens is 440 g/mol. The van der Waals surface area contributed by atoms with Crippen LogP contribution in [0.4, 0.5) is 5.82 Å². The minimum absolute atomic E-state index is 0.0265. The summed E-state index contributed by atoms with van der Waals surface area (Å²) in [4.78, 5) is 23.6. The predicted molar refractivity (Wildman–Crippen MR) is 131 cm³/mol. The molecule has 1 aliphatic heterocycles. The minimum atomic E-state index is -3.97. The van der Waals surface area contributed by atoms with Gasteiger partial charge in [-0.15, -0.1) is 0 Å². The Morgan fingerprint density at radius 2 is 1.91 bits per heavy atom. The number of ether oxygens (including phenoxy) is 1. The molecule has 2 aromatic rings. The number of aliphatic imine (C=N–C) groups is 1. The van der Waals surface area contributed by atoms with Crippen molar-refractivity contribution >= 4 is 28.0 Å². The lowest BCUT2D eigenvalue weighted by Gasteiger charge is -2.22. The molecule has 0 fully saturated rings. The molecule has 0 saturated carbocycles. The number of anilines is 1. The first-order valence-corrected chi connectivity index (χ1v) is 12.4. The highest BCUT2D eigenvalue weighted by Crippen LogP contribution is 2.26. The number of allylic oxidation sites excluding steroid dienone is 1. The van der Waals surface area contributed by atoms with Crippen LogP contribution >= 0.6 is 0 Å². The lowest BCUT2D eigenvalue weighted by molar-refractivity contribution is 0.0982. The van der Waals surface area contributed by atoms with Crippen LogP contribution in [0.25, 0.3) is 11.3 Å². The zero-order valence-electron chi connectivity index (χ0n) is 19.4. The lowest BCUT2D eigenvalue weighted by atomic mass is 10.1. The molecule has 1 aliphatic rings. The highest BCUT2D eigenvalue weighted by molar-refractivity contribution is 7.94. The average Bonchev–Trinajstić information content (AvgIpc) is 3.34. The van der Waals surface area contributed by atoms with Gasteiger partial charge in [0.15, 0.2) is 0 Å². The summed E-state index contributed by atoms with van der Waals surface area (Å²) in [5.74, 6) is 0.932. The fraction of sp³-hybridized carbons (Fsp3) is 0.375. The minimum Gasteiger partial charge on any atom is -0.494 e. The molecule has 0 radical (unpaired) electrons. The third-order valence-corrected chi connectivity index (χ3v) is 6.58. The van der Waals surface area contributed by atoms with E-state index in [1.54, 1.807) is 12.1 Å². The Hall–Kier alpha value is -3.20. The van der Waals surface area contributed by atoms with Gasteiger partial charge in [-0.2, -0.15) is 0 Å². The first-order chi connectivity index (χ1) is 15.7. The molecule has 176 valence electrons. The summed E-state index contributed by atoms with van der Waals surface area (Å²) < 4.78 is 32.8. The van der Waals surface area contributed by atoms with Crippen LogP contribution in [0.2, 0.25) is 0 Å². The zero-order valence-corrected chi connectivity index (χ0v) is 20.2. The van der Waals surface area contributed by atoms with Gasteiger partial charge in [0.25, 0.3) is 15.9 Å². The molecule has 3 rings (SSSR count). The van der Waals surface area contributed by atoms with Crippen molar-refractivity contribution in [3.05, 3.63) is 52.9 Å². The van der Waals surface area contributed by atoms with Gasteiger partial charge in [0.2, 0.25) is 0 Å². The zero-order chi connectivity index (χ0) is 24.0. The van der Waals surface area contributed by atoms with Crippen molar-refractivity contribution in [1.82, 2.24) is 9.71 Å². The van der Waals surface area contributed by atoms with Gasteiger partial charge in [0, 0.05) is 25.4 Å². The number of carbonyl (C=O) groups excluding carboxylic acids is 1. The number of hydrogen-bond donors (Lipinski definition) is 1. The number of nitrogens with zero attached hydrogens (tertiary/aromatic N) is 3. The number of benzene rings is 1. The number of carbonyl (C=O) groups is 1. The van der Waals surface area contributed by atoms with E-state index in [1.165, 1.54) is 12.3 Å². The van der Waals surface area contributed by atoms with E-state index in [4.69, 9.17) is 9.72 Å². The second-order valence-electron chi connectivity index (χ2n) is 8.19. The average molecular weight is 471 g/mol. The highest BCUT2D eigenvalue weighted by Gasteiger charge is 2.25. The maximum atomic E-state index is 13.0. The third-order valence-electron chi connectivity index (χ3n) is 5.17. The number of sulfonamides is 1. The van der Waals surface area contributed by atoms with Gasteiger partial charge in [0.1, 0.15) is 11.6 Å². The quantitative estimate of drug-likeness (QED) is 0.569. The van der Waals surface area contributed by atoms with Crippen molar-refractivity contribution in [2.45, 2.75) is 27.2 Å². The number of hydrogen-bond acceptors (Lipinski definition) is 7. The Balaban J connectivity index is 1.93. The molecule has 0 saturated heterocycles. The molecule has 0 atom stereocenters. The van der Waals surface area contributed by atoms with Gasteiger partial charge in [0.05, 0.1) is 29.3 Å². The fourth-order valence-corrected chi connectivity index (χ4v) is 4.24. The molecule has 0 aliphatic carbocycles. The van der Waals surface area contributed by atoms with Crippen LogP contribution in [0.1, 0.15) is 37.6 Å². The van der Waals surface area contributed by atoms with Gasteiger partial charge >= 0.3 is 0 Å². The van der Waals surface area contributed by atoms with E-state index in [2.05, 4.69) is 23.6 Å². The smallest absolute Gasteiger partial charge is 0.268 e. The largest absolute Gasteiger partial charge is 0.494 e. The number of pyridine rings is 1. The summed E-state index contributed by atoms with van der Waals surface area (Å²) >= 11 is 0. The summed E-state index contributed by atoms with van der Waals surface area (Å²) in [5, 5.41) is 0. The molecule has 2 heterocycles. The highest BCUT2D eigenvalue weighted by atomic mass is 32.2. The van der Waals surface area contributed by atoms with Crippen molar-refractivity contribution in [2.75, 3.05) is 31.6 Å². The number of rotatable bonds is 10. The summed E-state index contributed by atoms with van der Waals surface area (Å²) in [6.07, 6.45) is 3.70. The summed E-state index contributed by atoms with van der Waals surface area (Å²) in [5.41, 5.74) is 1.74. The van der Waals surface area contributed by atoms with E-state index < -0.39 is 15.9 Å². The number of aromatic nitrogens is 1. The molecule has 0 unspecified atom stereocenters. The van der Waals surface area contributed by atoms with Crippen LogP contribution in [0, 0.1) is 5.92 Å². The van der Waals surface area contributed by atoms with E-state index in [0.717, 1.165) is 17.7 Å². The first kappa shape index (κ1) is 24.4. The van der Waals surface area contributed by atoms with Crippen LogP contribution < -0.4 is 14.4 Å². The number of nitrogens with one attached hydrogen (secondary N) is 1. The van der Waals surface area contributed by atoms with Gasteiger partial charge in [-0.1, -0.05) is 13.8 Å². The Labute approximate surface area is 195 Å². The van der Waals surface area contributed by atoms with Crippen molar-refractivity contribution < 1.29 is 17.9 Å². The van der Waals surface area contributed by atoms with Gasteiger partial charge < -0.3 is 9.64 Å². The molecule has 9 heteroatoms. The molecular formula is C24H30N4O4S. The summed E-state index contributed by atoms with van der Waals surface area (Å²) in [6, 6.07) is 10.9. The van der Waals surface area contributed by atoms with Crippen LogP contribution in [-0.2, 0) is 10.0 Å². The molecule has 0 spiro atoms. The second-order valence-corrected chi connectivity index (χ2v) is 9.92. The van der Waals surface area contributed by atoms with Crippen molar-refractivity contribution in [2.24, 2.45) is 10.9 Å². The fourth-order valence-electron chi connectivity index (χ4n) is 3.27. The van der Waals surface area contributed by atoms with Crippen molar-refractivity contribution in [3.63, 3.8) is 0 Å². The normalized spacial score (nSPS) is 13.2. The molecule has 8 nitrogen and oxygen atoms in total. The van der Waals surface area contributed by atoms with Crippen LogP contribution in [0.15, 0.2) is 52.4 Å². The molecule has 1 N–H and O–H groups in total. The van der Waals surface area contributed by atoms with Crippen LogP contribution in [0.5, 0.6) is 5.75 Å². The number of amides is 1. The summed E-state index contributed by atoms with van der Waals surface area (Å²) in [7, 11) is -2.12. The van der Waals surface area contributed by atoms with Gasteiger partial charge in [-0.3, -0.25) is 9.79 Å². The van der Waals surface area contributed by atoms with Gasteiger partial charge in [-0.25, -0.2) is 18.1 Å². The Kier molecular flexibility index (Phi) is 7.86. The predicted octanol–water partition coefficient (Wildman–Crippen LogP) is 3.66. The molecule has 1 aromatic heterocycles. The Morgan fingerprint density at radius 1 is 1.18 bits per heavy atom. The topological polar surface area (TPSA) is 101 Å². The molecule has 1 amide bonds. The lowest BCUT2D eigenvalue weighted by Crippen LogP contribution is -2.34. The SMILES string of the molecule is CCOc1ccc(-c2ccc(C(=O)NS(=O)(=O)C3=CC=NC3)c(N(C)CCC(C)C)n2)cc1. The third kappa shape index (κ3) is 6.19. The van der Waals surface area contributed by atoms with E-state index >= 15 is 0 Å². The van der Waals surface area contributed by atoms with Crippen molar-refractivity contribution in [1.29, 1.82) is 0 Å². The molecule has 33 heavy (non-hydrogen) atoms. The van der Waals surface area contributed by atoms with E-state index in [9.17, 15) is 13.2 Å². The second kappa shape index (κ2) is 10.6. The van der Waals surface area contributed by atoms with Crippen LogP contribution in [-0.4, -0.2) is 52.3 Å². The summed E-state index contributed by atoms with van der Waals surface area (Å²) in [6.45, 7) is 7.44. The Bertz CT molecular complexity index is 1160. The molecule has 0 bridgehead atoms. The standard InChI is InChI=1S/C24H30N4O4S/c1-5-32-19-8-6-18(7-9-19)22-11-10-21(23(26-22)28(4)15-13-17(2)3)24(29)27-33(30,31)20-12-14-25-16-20/h6-12,14,17H,5,13,15-16H2,1-4H3,(H,27,29). The van der Waals surface area contributed by atoms with E-state index in [1.807, 2.05) is 43.1 Å². The Morgan fingerprint density at radius 3 is 2.52 bits per heavy atom. The van der Waals surface area contributed by atoms with E-state index in [-0.39, 0.29) is 17.0 Å². The van der Waals surface area contributed by atoms with Crippen LogP contribution in [0.3, 0.4) is 0 Å². The first-order valence-electron chi connectivity index (χ1n) is 10.9.